The van der Waals surface area contributed by atoms with Gasteiger partial charge in [-0.2, -0.15) is 0 Å². The van der Waals surface area contributed by atoms with Crippen LogP contribution in [-0.2, 0) is 6.54 Å². The van der Waals surface area contributed by atoms with Crippen molar-refractivity contribution in [2.45, 2.75) is 38.3 Å². The molecule has 0 aromatic carbocycles. The van der Waals surface area contributed by atoms with Gasteiger partial charge in [0.2, 0.25) is 0 Å². The van der Waals surface area contributed by atoms with Gasteiger partial charge >= 0.3 is 0 Å². The highest BCUT2D eigenvalue weighted by molar-refractivity contribution is 5.08. The number of nitrogens with one attached hydrogen (secondary N) is 1. The first kappa shape index (κ1) is 12.5. The Bertz CT molecular complexity index is 331. The largest absolute Gasteiger partial charge is 0.310 e. The molecule has 1 saturated heterocycles. The Balaban J connectivity index is 1.90. The van der Waals surface area contributed by atoms with Crippen molar-refractivity contribution in [2.75, 3.05) is 20.1 Å². The van der Waals surface area contributed by atoms with E-state index in [1.54, 1.807) is 0 Å². The minimum atomic E-state index is 0.344. The number of aromatic nitrogens is 1. The van der Waals surface area contributed by atoms with Crippen molar-refractivity contribution in [3.8, 4) is 0 Å². The molecule has 3 heteroatoms. The minimum Gasteiger partial charge on any atom is -0.310 e. The van der Waals surface area contributed by atoms with Gasteiger partial charge in [-0.3, -0.25) is 4.98 Å². The summed E-state index contributed by atoms with van der Waals surface area (Å²) in [5.74, 6) is 0. The minimum absolute atomic E-state index is 0.344. The predicted octanol–water partition coefficient (Wildman–Crippen LogP) is 2.05. The first-order valence-electron chi connectivity index (χ1n) is 6.56. The normalized spacial score (nSPS) is 24.4. The van der Waals surface area contributed by atoms with E-state index in [0.29, 0.717) is 5.54 Å². The average molecular weight is 233 g/mol. The Morgan fingerprint density at radius 1 is 1.53 bits per heavy atom. The molecular weight excluding hydrogens is 210 g/mol. The molecule has 1 N–H and O–H groups in total. The van der Waals surface area contributed by atoms with Crippen molar-refractivity contribution in [1.29, 1.82) is 0 Å². The molecule has 1 fully saturated rings. The van der Waals surface area contributed by atoms with Gasteiger partial charge in [-0.05, 0) is 44.5 Å². The molecule has 1 aromatic heterocycles. The summed E-state index contributed by atoms with van der Waals surface area (Å²) in [6.07, 6.45) is 7.62. The number of hydrogen-bond donors (Lipinski definition) is 1. The number of rotatable bonds is 5. The van der Waals surface area contributed by atoms with Gasteiger partial charge in [-0.15, -0.1) is 0 Å². The predicted molar refractivity (Wildman–Crippen MR) is 70.8 cm³/mol. The lowest BCUT2D eigenvalue weighted by molar-refractivity contribution is 0.214. The fraction of sp³-hybridized carbons (Fsp3) is 0.643. The maximum atomic E-state index is 4.16. The standard InChI is InChI=1S/C14H23N3/c1-3-14(7-5-9-16-14)12-17(2)11-13-6-4-8-15-10-13/h4,6,8,10,16H,3,5,7,9,11-12H2,1-2H3. The Morgan fingerprint density at radius 2 is 2.41 bits per heavy atom. The Kier molecular flexibility index (Phi) is 4.13. The third kappa shape index (κ3) is 3.27. The summed E-state index contributed by atoms with van der Waals surface area (Å²) in [5, 5.41) is 3.68. The van der Waals surface area contributed by atoms with Crippen molar-refractivity contribution in [3.05, 3.63) is 30.1 Å². The van der Waals surface area contributed by atoms with E-state index in [1.807, 2.05) is 18.5 Å². The summed E-state index contributed by atoms with van der Waals surface area (Å²) in [4.78, 5) is 6.57. The van der Waals surface area contributed by atoms with Crippen LogP contribution in [0.4, 0.5) is 0 Å². The molecule has 0 amide bonds. The molecular formula is C14H23N3. The van der Waals surface area contributed by atoms with E-state index in [2.05, 4.69) is 35.2 Å². The second kappa shape index (κ2) is 5.61. The zero-order valence-corrected chi connectivity index (χ0v) is 10.9. The third-order valence-electron chi connectivity index (χ3n) is 3.76. The van der Waals surface area contributed by atoms with Crippen LogP contribution in [0.25, 0.3) is 0 Å². The molecule has 1 atom stereocenters. The maximum Gasteiger partial charge on any atom is 0.0312 e. The second-order valence-corrected chi connectivity index (χ2v) is 5.20. The molecule has 0 aliphatic carbocycles. The summed E-state index contributed by atoms with van der Waals surface area (Å²) >= 11 is 0. The highest BCUT2D eigenvalue weighted by Crippen LogP contribution is 2.24. The lowest BCUT2D eigenvalue weighted by Gasteiger charge is -2.33. The van der Waals surface area contributed by atoms with Crippen molar-refractivity contribution >= 4 is 0 Å². The summed E-state index contributed by atoms with van der Waals surface area (Å²) < 4.78 is 0. The summed E-state index contributed by atoms with van der Waals surface area (Å²) in [7, 11) is 2.20. The number of likely N-dealkylation sites (N-methyl/N-ethyl adjacent to an activating group) is 1. The third-order valence-corrected chi connectivity index (χ3v) is 3.76. The molecule has 0 bridgehead atoms. The smallest absolute Gasteiger partial charge is 0.0312 e. The van der Waals surface area contributed by atoms with E-state index in [-0.39, 0.29) is 0 Å². The van der Waals surface area contributed by atoms with Crippen molar-refractivity contribution in [3.63, 3.8) is 0 Å². The zero-order valence-electron chi connectivity index (χ0n) is 10.9. The first-order valence-corrected chi connectivity index (χ1v) is 6.56. The molecule has 0 radical (unpaired) electrons. The molecule has 1 aromatic rings. The zero-order chi connectivity index (χ0) is 12.1. The molecule has 0 saturated carbocycles. The Hall–Kier alpha value is -0.930. The van der Waals surface area contributed by atoms with E-state index >= 15 is 0 Å². The van der Waals surface area contributed by atoms with E-state index in [9.17, 15) is 0 Å². The van der Waals surface area contributed by atoms with Gasteiger partial charge < -0.3 is 10.2 Å². The van der Waals surface area contributed by atoms with Crippen molar-refractivity contribution in [2.24, 2.45) is 0 Å². The average Bonchev–Trinajstić information content (AvgIpc) is 2.79. The van der Waals surface area contributed by atoms with Crippen LogP contribution in [0.2, 0.25) is 0 Å². The quantitative estimate of drug-likeness (QED) is 0.843. The first-order chi connectivity index (χ1) is 8.24. The van der Waals surface area contributed by atoms with Crippen LogP contribution in [-0.4, -0.2) is 35.6 Å². The van der Waals surface area contributed by atoms with Crippen LogP contribution < -0.4 is 5.32 Å². The molecule has 3 nitrogen and oxygen atoms in total. The highest BCUT2D eigenvalue weighted by Gasteiger charge is 2.32. The summed E-state index contributed by atoms with van der Waals surface area (Å²) in [5.41, 5.74) is 1.64. The van der Waals surface area contributed by atoms with Crippen LogP contribution in [0.5, 0.6) is 0 Å². The second-order valence-electron chi connectivity index (χ2n) is 5.20. The molecule has 94 valence electrons. The van der Waals surface area contributed by atoms with Crippen molar-refractivity contribution in [1.82, 2.24) is 15.2 Å². The Labute approximate surface area is 104 Å². The number of hydrogen-bond acceptors (Lipinski definition) is 3. The van der Waals surface area contributed by atoms with Gasteiger partial charge in [0.15, 0.2) is 0 Å². The molecule has 17 heavy (non-hydrogen) atoms. The molecule has 1 aliphatic rings. The van der Waals surface area contributed by atoms with Crippen LogP contribution in [0, 0.1) is 0 Å². The lowest BCUT2D eigenvalue weighted by Crippen LogP contribution is -2.48. The van der Waals surface area contributed by atoms with Crippen LogP contribution in [0.15, 0.2) is 24.5 Å². The van der Waals surface area contributed by atoms with Gasteiger partial charge in [0.05, 0.1) is 0 Å². The van der Waals surface area contributed by atoms with Crippen molar-refractivity contribution < 1.29 is 0 Å². The maximum absolute atomic E-state index is 4.16. The van der Waals surface area contributed by atoms with Crippen LogP contribution in [0.3, 0.4) is 0 Å². The van der Waals surface area contributed by atoms with E-state index in [0.717, 1.165) is 13.1 Å². The number of pyridine rings is 1. The molecule has 2 rings (SSSR count). The molecule has 2 heterocycles. The molecule has 0 spiro atoms. The fourth-order valence-electron chi connectivity index (χ4n) is 2.79. The fourth-order valence-corrected chi connectivity index (χ4v) is 2.79. The van der Waals surface area contributed by atoms with Gasteiger partial charge in [0.1, 0.15) is 0 Å². The van der Waals surface area contributed by atoms with E-state index in [4.69, 9.17) is 0 Å². The highest BCUT2D eigenvalue weighted by atomic mass is 15.2. The van der Waals surface area contributed by atoms with Gasteiger partial charge in [0.25, 0.3) is 0 Å². The van der Waals surface area contributed by atoms with Gasteiger partial charge in [0, 0.05) is 31.0 Å². The van der Waals surface area contributed by atoms with Crippen LogP contribution in [0.1, 0.15) is 31.7 Å². The Morgan fingerprint density at radius 3 is 3.00 bits per heavy atom. The SMILES string of the molecule is CCC1(CN(C)Cc2cccnc2)CCCN1. The van der Waals surface area contributed by atoms with Gasteiger partial charge in [-0.1, -0.05) is 13.0 Å². The van der Waals surface area contributed by atoms with Gasteiger partial charge in [-0.25, -0.2) is 0 Å². The van der Waals surface area contributed by atoms with Crippen LogP contribution >= 0.6 is 0 Å². The van der Waals surface area contributed by atoms with E-state index < -0.39 is 0 Å². The molecule has 1 aliphatic heterocycles. The topological polar surface area (TPSA) is 28.2 Å². The van der Waals surface area contributed by atoms with E-state index in [1.165, 1.54) is 31.4 Å². The lowest BCUT2D eigenvalue weighted by atomic mass is 9.93. The number of nitrogens with zero attached hydrogens (tertiary/aromatic N) is 2. The monoisotopic (exact) mass is 233 g/mol. The molecule has 1 unspecified atom stereocenters. The summed E-state index contributed by atoms with van der Waals surface area (Å²) in [6, 6.07) is 4.15. The summed E-state index contributed by atoms with van der Waals surface area (Å²) in [6.45, 7) is 5.57.